The van der Waals surface area contributed by atoms with Gasteiger partial charge in [0.2, 0.25) is 11.8 Å². The van der Waals surface area contributed by atoms with Crippen LogP contribution in [0.5, 0.6) is 0 Å². The Morgan fingerprint density at radius 3 is 2.40 bits per heavy atom. The number of carbonyl (C=O) groups is 4. The molecule has 3 aliphatic rings. The fourth-order valence-electron chi connectivity index (χ4n) is 4.99. The molecule has 0 aromatic carbocycles. The summed E-state index contributed by atoms with van der Waals surface area (Å²) in [6.07, 6.45) is 11.4. The maximum atomic E-state index is 12.7. The van der Waals surface area contributed by atoms with Crippen LogP contribution in [0.1, 0.15) is 77.0 Å². The van der Waals surface area contributed by atoms with Gasteiger partial charge in [0, 0.05) is 13.0 Å². The van der Waals surface area contributed by atoms with E-state index >= 15 is 0 Å². The van der Waals surface area contributed by atoms with Crippen molar-refractivity contribution >= 4 is 23.8 Å². The third-order valence-electron chi connectivity index (χ3n) is 6.72. The summed E-state index contributed by atoms with van der Waals surface area (Å²) >= 11 is 0. The number of urea groups is 1. The number of primary amides is 1. The fourth-order valence-corrected chi connectivity index (χ4v) is 4.99. The Hall–Kier alpha value is -2.16. The van der Waals surface area contributed by atoms with E-state index in [-0.39, 0.29) is 18.9 Å². The van der Waals surface area contributed by atoms with Crippen LogP contribution in [0.4, 0.5) is 4.79 Å². The number of imide groups is 1. The lowest BCUT2D eigenvalue weighted by Gasteiger charge is -2.30. The van der Waals surface area contributed by atoms with Crippen molar-refractivity contribution in [3.8, 4) is 0 Å². The van der Waals surface area contributed by atoms with E-state index in [2.05, 4.69) is 10.7 Å². The van der Waals surface area contributed by atoms with Gasteiger partial charge in [-0.3, -0.25) is 24.7 Å². The molecule has 3 rings (SSSR count). The average molecular weight is 422 g/mol. The summed E-state index contributed by atoms with van der Waals surface area (Å²) in [6.45, 7) is 1.18. The summed E-state index contributed by atoms with van der Waals surface area (Å²) in [5.74, 6) is -0.543. The van der Waals surface area contributed by atoms with Crippen LogP contribution in [-0.4, -0.2) is 58.8 Å². The molecule has 9 nitrogen and oxygen atoms in total. The first kappa shape index (κ1) is 22.5. The van der Waals surface area contributed by atoms with Gasteiger partial charge in [0.25, 0.3) is 5.91 Å². The molecule has 9 heteroatoms. The largest absolute Gasteiger partial charge is 0.369 e. The highest BCUT2D eigenvalue weighted by Crippen LogP contribution is 2.33. The predicted molar refractivity (Wildman–Crippen MR) is 111 cm³/mol. The van der Waals surface area contributed by atoms with E-state index in [1.165, 1.54) is 32.1 Å². The minimum Gasteiger partial charge on any atom is -0.369 e. The van der Waals surface area contributed by atoms with E-state index in [4.69, 9.17) is 5.73 Å². The van der Waals surface area contributed by atoms with E-state index in [0.717, 1.165) is 30.7 Å². The van der Waals surface area contributed by atoms with Crippen LogP contribution in [-0.2, 0) is 14.4 Å². The topological polar surface area (TPSA) is 125 Å². The molecule has 0 atom stereocenters. The van der Waals surface area contributed by atoms with Crippen molar-refractivity contribution in [2.45, 2.75) is 82.6 Å². The number of hydrogen-bond donors (Lipinski definition) is 3. The lowest BCUT2D eigenvalue weighted by molar-refractivity contribution is -0.140. The molecule has 4 N–H and O–H groups in total. The lowest BCUT2D eigenvalue weighted by atomic mass is 9.82. The fraction of sp³-hybridized carbons (Fsp3) is 0.810. The predicted octanol–water partition coefficient (Wildman–Crippen LogP) is 1.42. The van der Waals surface area contributed by atoms with Gasteiger partial charge in [0.05, 0.1) is 6.54 Å². The zero-order valence-electron chi connectivity index (χ0n) is 17.8. The number of hydrogen-bond acceptors (Lipinski definition) is 5. The third kappa shape index (κ3) is 5.71. The maximum absolute atomic E-state index is 12.7. The van der Waals surface area contributed by atoms with Crippen LogP contribution >= 0.6 is 0 Å². The molecule has 0 bridgehead atoms. The molecular formula is C21H35N5O4. The molecule has 0 aromatic heterocycles. The van der Waals surface area contributed by atoms with Gasteiger partial charge in [-0.05, 0) is 31.7 Å². The average Bonchev–Trinajstić information content (AvgIpc) is 2.95. The monoisotopic (exact) mass is 421 g/mol. The number of nitrogens with two attached hydrogens (primary N) is 1. The molecule has 2 saturated carbocycles. The van der Waals surface area contributed by atoms with E-state index < -0.39 is 23.4 Å². The molecular weight excluding hydrogens is 386 g/mol. The molecule has 5 amide bonds. The number of nitrogens with zero attached hydrogens (tertiary/aromatic N) is 2. The number of carbonyl (C=O) groups excluding carboxylic acids is 4. The molecule has 0 radical (unpaired) electrons. The molecule has 1 aliphatic heterocycles. The molecule has 1 heterocycles. The highest BCUT2D eigenvalue weighted by atomic mass is 16.2. The Bertz CT molecular complexity index is 656. The van der Waals surface area contributed by atoms with Gasteiger partial charge in [-0.2, -0.15) is 5.01 Å². The van der Waals surface area contributed by atoms with E-state index in [1.54, 1.807) is 0 Å². The molecule has 168 valence electrons. The second-order valence-electron chi connectivity index (χ2n) is 9.03. The summed E-state index contributed by atoms with van der Waals surface area (Å²) in [5, 5.41) is 3.60. The van der Waals surface area contributed by atoms with Gasteiger partial charge >= 0.3 is 6.03 Å². The summed E-state index contributed by atoms with van der Waals surface area (Å²) in [6, 6.07) is -0.568. The first-order chi connectivity index (χ1) is 14.4. The zero-order valence-corrected chi connectivity index (χ0v) is 17.8. The summed E-state index contributed by atoms with van der Waals surface area (Å²) < 4.78 is 0. The Kier molecular flexibility index (Phi) is 7.69. The number of amides is 5. The van der Waals surface area contributed by atoms with Gasteiger partial charge in [-0.15, -0.1) is 0 Å². The van der Waals surface area contributed by atoms with E-state index in [0.29, 0.717) is 31.8 Å². The third-order valence-corrected chi connectivity index (χ3v) is 6.72. The molecule has 1 saturated heterocycles. The van der Waals surface area contributed by atoms with Crippen molar-refractivity contribution in [3.63, 3.8) is 0 Å². The molecule has 2 aliphatic carbocycles. The lowest BCUT2D eigenvalue weighted by Crippen LogP contribution is -2.51. The van der Waals surface area contributed by atoms with Crippen molar-refractivity contribution in [1.82, 2.24) is 20.7 Å². The quantitative estimate of drug-likeness (QED) is 0.486. The van der Waals surface area contributed by atoms with Gasteiger partial charge < -0.3 is 11.1 Å². The van der Waals surface area contributed by atoms with Crippen LogP contribution in [0.3, 0.4) is 0 Å². The Balaban J connectivity index is 1.47. The minimum absolute atomic E-state index is 0.0853. The maximum Gasteiger partial charge on any atom is 0.344 e. The standard InChI is InChI=1S/C21H35N5O4/c22-17(27)15-25(13-9-16-7-3-1-4-8-16)14-10-18(28)24-26-19(29)21(23-20(26)30)11-5-2-6-12-21/h16H,1-15H2,(H2,22,27)(H,23,30)(H,24,28). The smallest absolute Gasteiger partial charge is 0.344 e. The molecule has 0 unspecified atom stereocenters. The number of rotatable bonds is 9. The Labute approximate surface area is 178 Å². The molecule has 1 spiro atoms. The van der Waals surface area contributed by atoms with Gasteiger partial charge in [0.15, 0.2) is 0 Å². The van der Waals surface area contributed by atoms with Crippen molar-refractivity contribution < 1.29 is 19.2 Å². The van der Waals surface area contributed by atoms with Crippen molar-refractivity contribution in [1.29, 1.82) is 0 Å². The van der Waals surface area contributed by atoms with Gasteiger partial charge in [-0.25, -0.2) is 4.79 Å². The molecule has 3 fully saturated rings. The van der Waals surface area contributed by atoms with Crippen LogP contribution in [0.2, 0.25) is 0 Å². The Morgan fingerprint density at radius 2 is 1.73 bits per heavy atom. The first-order valence-corrected chi connectivity index (χ1v) is 11.4. The van der Waals surface area contributed by atoms with Crippen molar-refractivity contribution in [2.75, 3.05) is 19.6 Å². The van der Waals surface area contributed by atoms with Gasteiger partial charge in [0.1, 0.15) is 5.54 Å². The van der Waals surface area contributed by atoms with Gasteiger partial charge in [-0.1, -0.05) is 51.4 Å². The van der Waals surface area contributed by atoms with Crippen LogP contribution < -0.4 is 16.5 Å². The van der Waals surface area contributed by atoms with Crippen molar-refractivity contribution in [3.05, 3.63) is 0 Å². The highest BCUT2D eigenvalue weighted by Gasteiger charge is 2.52. The van der Waals surface area contributed by atoms with E-state index in [9.17, 15) is 19.2 Å². The summed E-state index contributed by atoms with van der Waals surface area (Å²) in [7, 11) is 0. The normalized spacial score (nSPS) is 21.8. The SMILES string of the molecule is NC(=O)CN(CCC(=O)NN1C(=O)NC2(CCCCC2)C1=O)CCC1CCCCC1. The first-order valence-electron chi connectivity index (χ1n) is 11.4. The molecule has 30 heavy (non-hydrogen) atoms. The summed E-state index contributed by atoms with van der Waals surface area (Å²) in [4.78, 5) is 50.7. The van der Waals surface area contributed by atoms with Crippen LogP contribution in [0.15, 0.2) is 0 Å². The summed E-state index contributed by atoms with van der Waals surface area (Å²) in [5.41, 5.74) is 6.96. The second-order valence-corrected chi connectivity index (χ2v) is 9.03. The minimum atomic E-state index is -0.861. The van der Waals surface area contributed by atoms with Crippen LogP contribution in [0, 0.1) is 5.92 Å². The van der Waals surface area contributed by atoms with Crippen molar-refractivity contribution in [2.24, 2.45) is 11.7 Å². The zero-order chi connectivity index (χ0) is 21.6. The van der Waals surface area contributed by atoms with Crippen LogP contribution in [0.25, 0.3) is 0 Å². The molecule has 0 aromatic rings. The van der Waals surface area contributed by atoms with E-state index in [1.807, 2.05) is 4.90 Å². The number of hydrazine groups is 1. The number of nitrogens with one attached hydrogen (secondary N) is 2. The highest BCUT2D eigenvalue weighted by molar-refractivity contribution is 6.08. The second kappa shape index (κ2) is 10.2. The Morgan fingerprint density at radius 1 is 1.07 bits per heavy atom.